The van der Waals surface area contributed by atoms with Crippen molar-refractivity contribution in [2.45, 2.75) is 25.3 Å². The summed E-state index contributed by atoms with van der Waals surface area (Å²) in [4.78, 5) is 22.8. The van der Waals surface area contributed by atoms with E-state index in [1.807, 2.05) is 18.2 Å². The summed E-state index contributed by atoms with van der Waals surface area (Å²) in [7, 11) is 0. The van der Waals surface area contributed by atoms with Gasteiger partial charge in [0, 0.05) is 24.0 Å². The lowest BCUT2D eigenvalue weighted by Gasteiger charge is -2.35. The van der Waals surface area contributed by atoms with Gasteiger partial charge in [-0.3, -0.25) is 10.1 Å². The topological polar surface area (TPSA) is 105 Å². The normalized spacial score (nSPS) is 24.1. The number of rotatable bonds is 3. The number of esters is 1. The molecule has 0 saturated heterocycles. The van der Waals surface area contributed by atoms with Gasteiger partial charge in [0.15, 0.2) is 0 Å². The van der Waals surface area contributed by atoms with Gasteiger partial charge in [-0.15, -0.1) is 0 Å². The molecule has 1 aliphatic carbocycles. The van der Waals surface area contributed by atoms with Gasteiger partial charge in [-0.1, -0.05) is 12.2 Å². The molecule has 0 unspecified atom stereocenters. The molecule has 0 aromatic heterocycles. The molecule has 1 aromatic rings. The number of hydrogen-bond donors (Lipinski definition) is 1. The Morgan fingerprint density at radius 2 is 2.35 bits per heavy atom. The van der Waals surface area contributed by atoms with Gasteiger partial charge in [0.25, 0.3) is 5.69 Å². The number of non-ortho nitro benzene ring substituents is 1. The molecule has 0 spiro atoms. The molecular formula is C16H15N3O4. The van der Waals surface area contributed by atoms with Crippen molar-refractivity contribution in [3.63, 3.8) is 0 Å². The van der Waals surface area contributed by atoms with Crippen molar-refractivity contribution in [2.75, 3.05) is 11.9 Å². The van der Waals surface area contributed by atoms with Crippen LogP contribution in [-0.4, -0.2) is 23.5 Å². The molecule has 1 aromatic carbocycles. The summed E-state index contributed by atoms with van der Waals surface area (Å²) in [6.45, 7) is 2.02. The third-order valence-corrected chi connectivity index (χ3v) is 4.33. The number of ether oxygens (including phenoxy) is 1. The van der Waals surface area contributed by atoms with Crippen molar-refractivity contribution in [3.05, 3.63) is 45.5 Å². The highest BCUT2D eigenvalue weighted by Crippen LogP contribution is 2.47. The number of nitriles is 1. The van der Waals surface area contributed by atoms with Crippen LogP contribution in [-0.2, 0) is 9.53 Å². The lowest BCUT2D eigenvalue weighted by atomic mass is 9.78. The van der Waals surface area contributed by atoms with Crippen molar-refractivity contribution < 1.29 is 14.5 Å². The molecule has 3 rings (SSSR count). The maximum absolute atomic E-state index is 12.2. The van der Waals surface area contributed by atoms with Crippen LogP contribution in [0.1, 0.15) is 30.4 Å². The maximum atomic E-state index is 12.2. The fraction of sp³-hybridized carbons (Fsp3) is 0.375. The first kappa shape index (κ1) is 15.0. The zero-order chi connectivity index (χ0) is 16.6. The van der Waals surface area contributed by atoms with Crippen LogP contribution >= 0.6 is 0 Å². The lowest BCUT2D eigenvalue weighted by molar-refractivity contribution is -0.384. The molecule has 3 atom stereocenters. The van der Waals surface area contributed by atoms with Crippen molar-refractivity contribution in [3.8, 4) is 6.07 Å². The Morgan fingerprint density at radius 1 is 1.57 bits per heavy atom. The van der Waals surface area contributed by atoms with E-state index in [1.165, 1.54) is 12.1 Å². The summed E-state index contributed by atoms with van der Waals surface area (Å²) in [5, 5.41) is 23.5. The van der Waals surface area contributed by atoms with E-state index in [0.717, 1.165) is 0 Å². The largest absolute Gasteiger partial charge is 0.464 e. The van der Waals surface area contributed by atoms with E-state index in [4.69, 9.17) is 4.74 Å². The molecule has 2 aliphatic rings. The minimum absolute atomic E-state index is 0.0601. The summed E-state index contributed by atoms with van der Waals surface area (Å²) in [5.41, 5.74) is 1.23. The first-order valence-corrected chi connectivity index (χ1v) is 7.39. The summed E-state index contributed by atoms with van der Waals surface area (Å²) in [6, 6.07) is 4.13. The molecule has 1 N–H and O–H groups in total. The third-order valence-electron chi connectivity index (χ3n) is 4.33. The number of nitro benzene ring substituents is 1. The second-order valence-corrected chi connectivity index (χ2v) is 5.55. The van der Waals surface area contributed by atoms with E-state index in [0.29, 0.717) is 17.7 Å². The van der Waals surface area contributed by atoms with Crippen LogP contribution in [0.4, 0.5) is 11.4 Å². The Labute approximate surface area is 132 Å². The van der Waals surface area contributed by atoms with Gasteiger partial charge in [0.1, 0.15) is 12.1 Å². The SMILES string of the molecule is CCOC(=O)[C@@H]1Nc2c(C#N)cc([N+](=O)[O-])cc2[C@@H]2C=CC[C@H]12. The van der Waals surface area contributed by atoms with Gasteiger partial charge in [0.05, 0.1) is 22.8 Å². The Bertz CT molecular complexity index is 750. The second kappa shape index (κ2) is 5.72. The van der Waals surface area contributed by atoms with Crippen LogP contribution in [0, 0.1) is 27.4 Å². The molecule has 0 fully saturated rings. The van der Waals surface area contributed by atoms with E-state index < -0.39 is 11.0 Å². The molecule has 0 saturated carbocycles. The van der Waals surface area contributed by atoms with Crippen LogP contribution in [0.15, 0.2) is 24.3 Å². The predicted molar refractivity (Wildman–Crippen MR) is 81.8 cm³/mol. The predicted octanol–water partition coefficient (Wildman–Crippen LogP) is 2.48. The Balaban J connectivity index is 2.11. The summed E-state index contributed by atoms with van der Waals surface area (Å²) in [6.07, 6.45) is 4.59. The quantitative estimate of drug-likeness (QED) is 0.398. The monoisotopic (exact) mass is 313 g/mol. The fourth-order valence-corrected chi connectivity index (χ4v) is 3.34. The van der Waals surface area contributed by atoms with Gasteiger partial charge < -0.3 is 10.1 Å². The lowest BCUT2D eigenvalue weighted by Crippen LogP contribution is -2.43. The maximum Gasteiger partial charge on any atom is 0.328 e. The van der Waals surface area contributed by atoms with E-state index in [2.05, 4.69) is 5.32 Å². The number of benzene rings is 1. The molecule has 0 radical (unpaired) electrons. The fourth-order valence-electron chi connectivity index (χ4n) is 3.34. The van der Waals surface area contributed by atoms with E-state index >= 15 is 0 Å². The first-order valence-electron chi connectivity index (χ1n) is 7.39. The summed E-state index contributed by atoms with van der Waals surface area (Å²) >= 11 is 0. The van der Waals surface area contributed by atoms with Gasteiger partial charge in [-0.25, -0.2) is 4.79 Å². The molecule has 0 bridgehead atoms. The smallest absolute Gasteiger partial charge is 0.328 e. The Hall–Kier alpha value is -2.88. The standard InChI is InChI=1S/C16H15N3O4/c1-2-23-16(20)15-12-5-3-4-11(12)13-7-10(19(21)22)6-9(8-17)14(13)18-15/h3-4,6-7,11-12,15,18H,2,5H2,1H3/t11-,12+,15-/m1/s1. The molecule has 23 heavy (non-hydrogen) atoms. The van der Waals surface area contributed by atoms with Crippen LogP contribution in [0.2, 0.25) is 0 Å². The third kappa shape index (κ3) is 2.42. The highest BCUT2D eigenvalue weighted by atomic mass is 16.6. The van der Waals surface area contributed by atoms with Crippen LogP contribution in [0.3, 0.4) is 0 Å². The van der Waals surface area contributed by atoms with Gasteiger partial charge in [-0.2, -0.15) is 5.26 Å². The van der Waals surface area contributed by atoms with E-state index in [9.17, 15) is 20.2 Å². The Kier molecular flexibility index (Phi) is 3.74. The molecule has 7 heteroatoms. The van der Waals surface area contributed by atoms with Crippen molar-refractivity contribution in [2.24, 2.45) is 5.92 Å². The number of allylic oxidation sites excluding steroid dienone is 2. The zero-order valence-electron chi connectivity index (χ0n) is 12.5. The minimum atomic E-state index is -0.559. The molecule has 1 aliphatic heterocycles. The first-order chi connectivity index (χ1) is 11.1. The molecular weight excluding hydrogens is 298 g/mol. The van der Waals surface area contributed by atoms with Crippen molar-refractivity contribution in [1.82, 2.24) is 0 Å². The van der Waals surface area contributed by atoms with Crippen molar-refractivity contribution >= 4 is 17.3 Å². The van der Waals surface area contributed by atoms with Crippen LogP contribution < -0.4 is 5.32 Å². The number of nitrogens with zero attached hydrogens (tertiary/aromatic N) is 2. The average molecular weight is 313 g/mol. The molecule has 1 heterocycles. The van der Waals surface area contributed by atoms with Crippen LogP contribution in [0.25, 0.3) is 0 Å². The molecule has 0 amide bonds. The molecule has 7 nitrogen and oxygen atoms in total. The van der Waals surface area contributed by atoms with Crippen LogP contribution in [0.5, 0.6) is 0 Å². The summed E-state index contributed by atoms with van der Waals surface area (Å²) in [5.74, 6) is -0.554. The van der Waals surface area contributed by atoms with Gasteiger partial charge >= 0.3 is 5.97 Å². The number of carbonyl (C=O) groups excluding carboxylic acids is 1. The second-order valence-electron chi connectivity index (χ2n) is 5.55. The van der Waals surface area contributed by atoms with E-state index in [-0.39, 0.29) is 35.7 Å². The average Bonchev–Trinajstić information content (AvgIpc) is 3.02. The number of hydrogen-bond acceptors (Lipinski definition) is 6. The number of anilines is 1. The Morgan fingerprint density at radius 3 is 3.00 bits per heavy atom. The minimum Gasteiger partial charge on any atom is -0.464 e. The summed E-state index contributed by atoms with van der Waals surface area (Å²) < 4.78 is 5.12. The highest BCUT2D eigenvalue weighted by molar-refractivity contribution is 5.84. The van der Waals surface area contributed by atoms with E-state index in [1.54, 1.807) is 6.92 Å². The van der Waals surface area contributed by atoms with Crippen molar-refractivity contribution in [1.29, 1.82) is 5.26 Å². The van der Waals surface area contributed by atoms with Gasteiger partial charge in [-0.05, 0) is 18.9 Å². The number of fused-ring (bicyclic) bond motifs is 3. The number of nitrogens with one attached hydrogen (secondary N) is 1. The highest BCUT2D eigenvalue weighted by Gasteiger charge is 2.43. The molecule has 118 valence electrons. The number of nitro groups is 1. The number of carbonyl (C=O) groups is 1. The van der Waals surface area contributed by atoms with Gasteiger partial charge in [0.2, 0.25) is 0 Å². The zero-order valence-corrected chi connectivity index (χ0v) is 12.5.